The number of benzene rings is 2. The average molecular weight is 351 g/mol. The number of fused-ring (bicyclic) bond motifs is 1. The predicted molar refractivity (Wildman–Crippen MR) is 79.3 cm³/mol. The third-order valence-electron chi connectivity index (χ3n) is 2.90. The summed E-state index contributed by atoms with van der Waals surface area (Å²) >= 11 is 3.34. The highest BCUT2D eigenvalue weighted by Gasteiger charge is 2.15. The molecule has 1 heterocycles. The van der Waals surface area contributed by atoms with Gasteiger partial charge in [0.2, 0.25) is 6.79 Å². The van der Waals surface area contributed by atoms with Crippen LogP contribution in [0, 0.1) is 0 Å². The summed E-state index contributed by atoms with van der Waals surface area (Å²) in [6.07, 6.45) is 0. The zero-order valence-electron chi connectivity index (χ0n) is 10.7. The second-order valence-electron chi connectivity index (χ2n) is 4.24. The third kappa shape index (κ3) is 2.73. The Hall–Kier alpha value is -2.41. The SMILES string of the molecule is N/C(=N/O)c1cc(Br)ccc1Oc1ccc2c(c1)OCO2. The predicted octanol–water partition coefficient (Wildman–Crippen LogP) is 3.06. The number of nitrogens with two attached hydrogens (primary N) is 1. The molecule has 7 heteroatoms. The molecule has 3 rings (SSSR count). The number of oxime groups is 1. The maximum atomic E-state index is 8.85. The van der Waals surface area contributed by atoms with Crippen molar-refractivity contribution in [3.05, 3.63) is 46.4 Å². The van der Waals surface area contributed by atoms with E-state index in [2.05, 4.69) is 21.1 Å². The molecule has 0 saturated carbocycles. The van der Waals surface area contributed by atoms with Crippen molar-refractivity contribution in [1.29, 1.82) is 0 Å². The maximum absolute atomic E-state index is 8.85. The highest BCUT2D eigenvalue weighted by atomic mass is 79.9. The Bertz CT molecular complexity index is 718. The monoisotopic (exact) mass is 350 g/mol. The molecule has 2 aromatic rings. The molecular weight excluding hydrogens is 340 g/mol. The van der Waals surface area contributed by atoms with Crippen LogP contribution in [-0.4, -0.2) is 17.8 Å². The van der Waals surface area contributed by atoms with Crippen LogP contribution in [0.25, 0.3) is 0 Å². The number of hydrogen-bond donors (Lipinski definition) is 2. The summed E-state index contributed by atoms with van der Waals surface area (Å²) in [5.41, 5.74) is 6.14. The maximum Gasteiger partial charge on any atom is 0.231 e. The summed E-state index contributed by atoms with van der Waals surface area (Å²) < 4.78 is 17.1. The van der Waals surface area contributed by atoms with Crippen molar-refractivity contribution in [3.63, 3.8) is 0 Å². The van der Waals surface area contributed by atoms with Gasteiger partial charge in [-0.05, 0) is 30.3 Å². The Morgan fingerprint density at radius 3 is 2.81 bits per heavy atom. The molecule has 0 atom stereocenters. The lowest BCUT2D eigenvalue weighted by molar-refractivity contribution is 0.174. The van der Waals surface area contributed by atoms with Gasteiger partial charge in [0.1, 0.15) is 11.5 Å². The van der Waals surface area contributed by atoms with Crippen LogP contribution in [0.3, 0.4) is 0 Å². The van der Waals surface area contributed by atoms with E-state index in [4.69, 9.17) is 25.2 Å². The standard InChI is InChI=1S/C14H11BrN2O4/c15-8-1-3-11(10(5-8)14(16)17-18)21-9-2-4-12-13(6-9)20-7-19-12/h1-6,18H,7H2,(H2,16,17). The molecule has 6 nitrogen and oxygen atoms in total. The van der Waals surface area contributed by atoms with E-state index in [9.17, 15) is 0 Å². The van der Waals surface area contributed by atoms with Gasteiger partial charge in [-0.15, -0.1) is 0 Å². The Morgan fingerprint density at radius 2 is 2.00 bits per heavy atom. The van der Waals surface area contributed by atoms with Crippen LogP contribution in [0.4, 0.5) is 0 Å². The fourth-order valence-electron chi connectivity index (χ4n) is 1.91. The lowest BCUT2D eigenvalue weighted by Crippen LogP contribution is -2.14. The van der Waals surface area contributed by atoms with Crippen molar-refractivity contribution in [1.82, 2.24) is 0 Å². The Balaban J connectivity index is 1.94. The number of hydrogen-bond acceptors (Lipinski definition) is 5. The summed E-state index contributed by atoms with van der Waals surface area (Å²) in [6, 6.07) is 10.5. The van der Waals surface area contributed by atoms with Crippen molar-refractivity contribution in [2.45, 2.75) is 0 Å². The summed E-state index contributed by atoms with van der Waals surface area (Å²) in [5.74, 6) is 2.29. The molecule has 108 valence electrons. The largest absolute Gasteiger partial charge is 0.456 e. The number of rotatable bonds is 3. The van der Waals surface area contributed by atoms with Gasteiger partial charge in [0.15, 0.2) is 17.3 Å². The molecule has 3 N–H and O–H groups in total. The highest BCUT2D eigenvalue weighted by Crippen LogP contribution is 2.37. The van der Waals surface area contributed by atoms with Crippen LogP contribution in [0.1, 0.15) is 5.56 Å². The minimum absolute atomic E-state index is 0.0351. The van der Waals surface area contributed by atoms with Gasteiger partial charge in [-0.1, -0.05) is 21.1 Å². The summed E-state index contributed by atoms with van der Waals surface area (Å²) in [4.78, 5) is 0. The van der Waals surface area contributed by atoms with E-state index < -0.39 is 0 Å². The molecule has 0 aliphatic carbocycles. The second kappa shape index (κ2) is 5.53. The highest BCUT2D eigenvalue weighted by molar-refractivity contribution is 9.10. The van der Waals surface area contributed by atoms with Gasteiger partial charge in [-0.25, -0.2) is 0 Å². The van der Waals surface area contributed by atoms with E-state index in [1.54, 1.807) is 36.4 Å². The number of amidine groups is 1. The van der Waals surface area contributed by atoms with E-state index in [-0.39, 0.29) is 12.6 Å². The third-order valence-corrected chi connectivity index (χ3v) is 3.39. The van der Waals surface area contributed by atoms with Crippen LogP contribution in [0.2, 0.25) is 0 Å². The van der Waals surface area contributed by atoms with Gasteiger partial charge in [0.25, 0.3) is 0 Å². The van der Waals surface area contributed by atoms with Crippen LogP contribution >= 0.6 is 15.9 Å². The van der Waals surface area contributed by atoms with E-state index in [0.717, 1.165) is 4.47 Å². The van der Waals surface area contributed by atoms with Gasteiger partial charge in [0, 0.05) is 10.5 Å². The minimum atomic E-state index is -0.0351. The Morgan fingerprint density at radius 1 is 1.19 bits per heavy atom. The molecule has 0 spiro atoms. The molecule has 0 aromatic heterocycles. The van der Waals surface area contributed by atoms with Crippen molar-refractivity contribution in [2.24, 2.45) is 10.9 Å². The molecule has 0 amide bonds. The van der Waals surface area contributed by atoms with E-state index in [0.29, 0.717) is 28.6 Å². The van der Waals surface area contributed by atoms with Crippen LogP contribution < -0.4 is 19.9 Å². The normalized spacial score (nSPS) is 13.3. The summed E-state index contributed by atoms with van der Waals surface area (Å²) in [6.45, 7) is 0.201. The fourth-order valence-corrected chi connectivity index (χ4v) is 2.27. The van der Waals surface area contributed by atoms with Crippen molar-refractivity contribution >= 4 is 21.8 Å². The molecule has 0 bridgehead atoms. The van der Waals surface area contributed by atoms with Gasteiger partial charge >= 0.3 is 0 Å². The van der Waals surface area contributed by atoms with E-state index in [1.807, 2.05) is 0 Å². The van der Waals surface area contributed by atoms with E-state index >= 15 is 0 Å². The second-order valence-corrected chi connectivity index (χ2v) is 5.16. The van der Waals surface area contributed by atoms with E-state index in [1.165, 1.54) is 0 Å². The van der Waals surface area contributed by atoms with Crippen LogP contribution in [-0.2, 0) is 0 Å². The first-order valence-corrected chi connectivity index (χ1v) is 6.81. The molecule has 2 aromatic carbocycles. The minimum Gasteiger partial charge on any atom is -0.456 e. The number of ether oxygens (including phenoxy) is 3. The fraction of sp³-hybridized carbons (Fsp3) is 0.0714. The molecule has 0 radical (unpaired) electrons. The van der Waals surface area contributed by atoms with Crippen LogP contribution in [0.15, 0.2) is 46.0 Å². The van der Waals surface area contributed by atoms with Gasteiger partial charge in [0.05, 0.1) is 5.56 Å². The number of nitrogens with zero attached hydrogens (tertiary/aromatic N) is 1. The zero-order valence-corrected chi connectivity index (χ0v) is 12.3. The topological polar surface area (TPSA) is 86.3 Å². The first-order chi connectivity index (χ1) is 10.2. The quantitative estimate of drug-likeness (QED) is 0.384. The molecule has 0 unspecified atom stereocenters. The van der Waals surface area contributed by atoms with Gasteiger partial charge in [-0.2, -0.15) is 0 Å². The molecule has 0 fully saturated rings. The van der Waals surface area contributed by atoms with Gasteiger partial charge < -0.3 is 25.2 Å². The first kappa shape index (κ1) is 13.6. The van der Waals surface area contributed by atoms with Crippen molar-refractivity contribution in [3.8, 4) is 23.0 Å². The average Bonchev–Trinajstić information content (AvgIpc) is 2.96. The lowest BCUT2D eigenvalue weighted by Gasteiger charge is -2.11. The first-order valence-electron chi connectivity index (χ1n) is 6.02. The zero-order chi connectivity index (χ0) is 14.8. The molecule has 21 heavy (non-hydrogen) atoms. The molecule has 1 aliphatic rings. The Labute approximate surface area is 128 Å². The molecular formula is C14H11BrN2O4. The smallest absolute Gasteiger partial charge is 0.231 e. The lowest BCUT2D eigenvalue weighted by atomic mass is 10.2. The van der Waals surface area contributed by atoms with Crippen molar-refractivity contribution in [2.75, 3.05) is 6.79 Å². The van der Waals surface area contributed by atoms with Crippen LogP contribution in [0.5, 0.6) is 23.0 Å². The molecule has 0 saturated heterocycles. The molecule has 1 aliphatic heterocycles. The van der Waals surface area contributed by atoms with Crippen molar-refractivity contribution < 1.29 is 19.4 Å². The number of halogens is 1. The van der Waals surface area contributed by atoms with Gasteiger partial charge in [-0.3, -0.25) is 0 Å². The summed E-state index contributed by atoms with van der Waals surface area (Å²) in [7, 11) is 0. The summed E-state index contributed by atoms with van der Waals surface area (Å²) in [5, 5.41) is 11.9. The Kier molecular flexibility index (Phi) is 3.57.